The van der Waals surface area contributed by atoms with Gasteiger partial charge in [0.2, 0.25) is 0 Å². The van der Waals surface area contributed by atoms with Gasteiger partial charge in [0.1, 0.15) is 12.0 Å². The van der Waals surface area contributed by atoms with E-state index in [1.165, 1.54) is 16.7 Å². The van der Waals surface area contributed by atoms with Gasteiger partial charge in [-0.05, 0) is 53.6 Å². The van der Waals surface area contributed by atoms with Crippen molar-refractivity contribution in [1.29, 1.82) is 0 Å². The molecule has 5 aromatic rings. The first-order chi connectivity index (χ1) is 17.5. The van der Waals surface area contributed by atoms with Gasteiger partial charge in [-0.15, -0.1) is 0 Å². The highest BCUT2D eigenvalue weighted by Crippen LogP contribution is 2.20. The quantitative estimate of drug-likeness (QED) is 0.364. The summed E-state index contributed by atoms with van der Waals surface area (Å²) < 4.78 is 17.6. The van der Waals surface area contributed by atoms with Gasteiger partial charge in [-0.25, -0.2) is 4.98 Å². The lowest BCUT2D eigenvalue weighted by Crippen LogP contribution is -2.26. The fourth-order valence-electron chi connectivity index (χ4n) is 4.12. The summed E-state index contributed by atoms with van der Waals surface area (Å²) in [7, 11) is 1.59. The summed E-state index contributed by atoms with van der Waals surface area (Å²) in [5.41, 5.74) is 5.14. The van der Waals surface area contributed by atoms with Crippen molar-refractivity contribution in [2.24, 2.45) is 0 Å². The van der Waals surface area contributed by atoms with Crippen molar-refractivity contribution in [1.82, 2.24) is 24.8 Å². The molecule has 2 amide bonds. The molecule has 5 rings (SSSR count). The number of carbonyl (C=O) groups is 2. The molecule has 2 aromatic heterocycles. The first-order valence-electron chi connectivity index (χ1n) is 11.5. The zero-order chi connectivity index (χ0) is 25.1. The molecule has 0 bridgehead atoms. The molecule has 2 heterocycles. The van der Waals surface area contributed by atoms with E-state index in [4.69, 9.17) is 0 Å². The van der Waals surface area contributed by atoms with Crippen LogP contribution in [0.25, 0.3) is 16.7 Å². The van der Waals surface area contributed by atoms with Crippen LogP contribution in [-0.2, 0) is 13.1 Å². The zero-order valence-electron chi connectivity index (χ0n) is 19.6. The fourth-order valence-corrected chi connectivity index (χ4v) is 4.12. The number of halogens is 1. The van der Waals surface area contributed by atoms with Crippen LogP contribution < -0.4 is 10.6 Å². The molecule has 0 saturated carbocycles. The largest absolute Gasteiger partial charge is 0.355 e. The van der Waals surface area contributed by atoms with E-state index in [1.54, 1.807) is 25.5 Å². The van der Waals surface area contributed by atoms with Gasteiger partial charge in [-0.1, -0.05) is 42.5 Å². The summed E-state index contributed by atoms with van der Waals surface area (Å²) >= 11 is 0. The molecule has 0 atom stereocenters. The number of fused-ring (bicyclic) bond motifs is 1. The first-order valence-corrected chi connectivity index (χ1v) is 11.5. The predicted molar refractivity (Wildman–Crippen MR) is 136 cm³/mol. The molecule has 0 fully saturated rings. The van der Waals surface area contributed by atoms with Crippen molar-refractivity contribution in [2.45, 2.75) is 13.1 Å². The lowest BCUT2D eigenvalue weighted by Gasteiger charge is -2.11. The second kappa shape index (κ2) is 9.87. The minimum Gasteiger partial charge on any atom is -0.355 e. The van der Waals surface area contributed by atoms with Gasteiger partial charge in [-0.3, -0.25) is 14.2 Å². The Kier molecular flexibility index (Phi) is 6.32. The van der Waals surface area contributed by atoms with Gasteiger partial charge in [0.25, 0.3) is 11.8 Å². The summed E-state index contributed by atoms with van der Waals surface area (Å²) in [4.78, 5) is 29.1. The lowest BCUT2D eigenvalue weighted by molar-refractivity contribution is 0.0938. The molecule has 0 aliphatic heterocycles. The molecule has 0 radical (unpaired) electrons. The Morgan fingerprint density at radius 2 is 1.67 bits per heavy atom. The summed E-state index contributed by atoms with van der Waals surface area (Å²) in [6.07, 6.45) is 1.71. The maximum absolute atomic E-state index is 14.3. The molecule has 36 heavy (non-hydrogen) atoms. The maximum atomic E-state index is 14.3. The highest BCUT2D eigenvalue weighted by Gasteiger charge is 2.15. The van der Waals surface area contributed by atoms with Crippen molar-refractivity contribution < 1.29 is 14.0 Å². The number of carbonyl (C=O) groups excluding carboxylic acids is 2. The van der Waals surface area contributed by atoms with Crippen LogP contribution in [0.15, 0.2) is 91.3 Å². The van der Waals surface area contributed by atoms with E-state index < -0.39 is 5.95 Å². The lowest BCUT2D eigenvalue weighted by atomic mass is 10.1. The van der Waals surface area contributed by atoms with E-state index in [0.717, 1.165) is 27.8 Å². The average Bonchev–Trinajstić information content (AvgIpc) is 3.51. The third-order valence-corrected chi connectivity index (χ3v) is 6.05. The topological polar surface area (TPSA) is 81.0 Å². The number of nitrogens with one attached hydrogen (secondary N) is 2. The van der Waals surface area contributed by atoms with Crippen LogP contribution in [0.5, 0.6) is 0 Å². The third kappa shape index (κ3) is 4.61. The first kappa shape index (κ1) is 23.0. The Morgan fingerprint density at radius 1 is 0.889 bits per heavy atom. The molecule has 0 spiro atoms. The zero-order valence-corrected chi connectivity index (χ0v) is 19.6. The van der Waals surface area contributed by atoms with Crippen LogP contribution >= 0.6 is 0 Å². The summed E-state index contributed by atoms with van der Waals surface area (Å²) in [5, 5.41) is 5.49. The average molecular weight is 482 g/mol. The molecular formula is C28H24FN5O2. The molecule has 8 heteroatoms. The van der Waals surface area contributed by atoms with Crippen molar-refractivity contribution in [3.63, 3.8) is 0 Å². The van der Waals surface area contributed by atoms with Gasteiger partial charge >= 0.3 is 0 Å². The molecule has 2 N–H and O–H groups in total. The Balaban J connectivity index is 1.27. The minimum absolute atomic E-state index is 0.159. The second-order valence-electron chi connectivity index (χ2n) is 8.36. The van der Waals surface area contributed by atoms with E-state index in [9.17, 15) is 14.0 Å². The number of rotatable bonds is 7. The monoisotopic (exact) mass is 481 g/mol. The second-order valence-corrected chi connectivity index (χ2v) is 8.36. The van der Waals surface area contributed by atoms with Gasteiger partial charge in [0.15, 0.2) is 5.95 Å². The molecule has 7 nitrogen and oxygen atoms in total. The standard InChI is InChI=1S/C28H24FN5O2/c1-30-27(35)21-9-12-24-23(15-21)32-18-34(24)22-10-7-19(8-11-22)16-31-28(36)25-13-14-26(29)33(25)17-20-5-3-2-4-6-20/h2-15,18H,16-17H2,1H3,(H,30,35)(H,31,36). The number of benzene rings is 3. The van der Waals surface area contributed by atoms with Crippen molar-refractivity contribution in [3.05, 3.63) is 120 Å². The van der Waals surface area contributed by atoms with Gasteiger partial charge in [0, 0.05) is 24.8 Å². The third-order valence-electron chi connectivity index (χ3n) is 6.05. The Hall–Kier alpha value is -4.72. The number of nitrogens with zero attached hydrogens (tertiary/aromatic N) is 3. The smallest absolute Gasteiger partial charge is 0.268 e. The normalized spacial score (nSPS) is 10.9. The van der Waals surface area contributed by atoms with Crippen LogP contribution in [-0.4, -0.2) is 33.0 Å². The molecule has 180 valence electrons. The van der Waals surface area contributed by atoms with Crippen molar-refractivity contribution in [2.75, 3.05) is 7.05 Å². The van der Waals surface area contributed by atoms with Crippen LogP contribution in [0, 0.1) is 5.95 Å². The van der Waals surface area contributed by atoms with Crippen LogP contribution in [0.4, 0.5) is 4.39 Å². The Labute approximate surface area is 207 Å². The molecule has 0 aliphatic carbocycles. The summed E-state index contributed by atoms with van der Waals surface area (Å²) in [6, 6.07) is 25.4. The number of amides is 2. The van der Waals surface area contributed by atoms with Crippen LogP contribution in [0.3, 0.4) is 0 Å². The fraction of sp³-hybridized carbons (Fsp3) is 0.107. The van der Waals surface area contributed by atoms with Crippen molar-refractivity contribution >= 4 is 22.8 Å². The minimum atomic E-state index is -0.455. The predicted octanol–water partition coefficient (Wildman–Crippen LogP) is 4.30. The number of hydrogen-bond acceptors (Lipinski definition) is 3. The molecular weight excluding hydrogens is 457 g/mol. The Morgan fingerprint density at radius 3 is 2.42 bits per heavy atom. The molecule has 0 aliphatic rings. The van der Waals surface area contributed by atoms with E-state index in [0.29, 0.717) is 12.1 Å². The SMILES string of the molecule is CNC(=O)c1ccc2c(c1)ncn2-c1ccc(CNC(=O)c2ccc(F)n2Cc2ccccc2)cc1. The van der Waals surface area contributed by atoms with Gasteiger partial charge in [0.05, 0.1) is 17.6 Å². The molecule has 3 aromatic carbocycles. The number of aromatic nitrogens is 3. The molecule has 0 saturated heterocycles. The highest BCUT2D eigenvalue weighted by molar-refractivity contribution is 5.97. The number of imidazole rings is 1. The van der Waals surface area contributed by atoms with Crippen LogP contribution in [0.1, 0.15) is 32.0 Å². The van der Waals surface area contributed by atoms with E-state index in [2.05, 4.69) is 15.6 Å². The number of hydrogen-bond donors (Lipinski definition) is 2. The van der Waals surface area contributed by atoms with E-state index in [-0.39, 0.29) is 24.1 Å². The van der Waals surface area contributed by atoms with Crippen LogP contribution in [0.2, 0.25) is 0 Å². The van der Waals surface area contributed by atoms with E-state index in [1.807, 2.05) is 65.2 Å². The van der Waals surface area contributed by atoms with Gasteiger partial charge in [-0.2, -0.15) is 4.39 Å². The summed E-state index contributed by atoms with van der Waals surface area (Å²) in [6.45, 7) is 0.581. The van der Waals surface area contributed by atoms with E-state index >= 15 is 0 Å². The summed E-state index contributed by atoms with van der Waals surface area (Å²) in [5.74, 6) is -0.956. The van der Waals surface area contributed by atoms with Crippen molar-refractivity contribution in [3.8, 4) is 5.69 Å². The highest BCUT2D eigenvalue weighted by atomic mass is 19.1. The Bertz CT molecular complexity index is 1540. The van der Waals surface area contributed by atoms with Gasteiger partial charge < -0.3 is 15.2 Å². The molecule has 0 unspecified atom stereocenters. The maximum Gasteiger partial charge on any atom is 0.268 e.